The number of hydrogen-bond acceptors (Lipinski definition) is 7. The van der Waals surface area contributed by atoms with Gasteiger partial charge in [-0.15, -0.1) is 0 Å². The minimum absolute atomic E-state index is 0.0367. The van der Waals surface area contributed by atoms with Crippen molar-refractivity contribution in [3.05, 3.63) is 53.2 Å². The van der Waals surface area contributed by atoms with Gasteiger partial charge in [0.15, 0.2) is 15.0 Å². The Bertz CT molecular complexity index is 1170. The van der Waals surface area contributed by atoms with Gasteiger partial charge in [0.05, 0.1) is 47.5 Å². The summed E-state index contributed by atoms with van der Waals surface area (Å²) in [5.41, 5.74) is 1.16. The number of aliphatic imine (C=N–C) groups is 1. The number of amides is 1. The number of aromatic nitrogens is 1. The van der Waals surface area contributed by atoms with Crippen LogP contribution in [0.2, 0.25) is 5.02 Å². The zero-order valence-corrected chi connectivity index (χ0v) is 19.6. The fourth-order valence-corrected chi connectivity index (χ4v) is 8.03. The van der Waals surface area contributed by atoms with Crippen LogP contribution in [0.4, 0.5) is 11.5 Å². The summed E-state index contributed by atoms with van der Waals surface area (Å²) in [6, 6.07) is 10.9. The predicted octanol–water partition coefficient (Wildman–Crippen LogP) is 1.80. The van der Waals surface area contributed by atoms with Crippen molar-refractivity contribution in [3.63, 3.8) is 0 Å². The smallest absolute Gasteiger partial charge is 0.274 e. The van der Waals surface area contributed by atoms with E-state index in [0.717, 1.165) is 18.9 Å². The Morgan fingerprint density at radius 1 is 1.16 bits per heavy atom. The molecule has 0 spiro atoms. The third-order valence-corrected chi connectivity index (χ3v) is 9.34. The number of benzene rings is 1. The van der Waals surface area contributed by atoms with Gasteiger partial charge in [0.2, 0.25) is 0 Å². The maximum absolute atomic E-state index is 13.1. The first-order valence-electron chi connectivity index (χ1n) is 10.4. The summed E-state index contributed by atoms with van der Waals surface area (Å²) in [5, 5.41) is 4.28. The lowest BCUT2D eigenvalue weighted by Gasteiger charge is -2.31. The van der Waals surface area contributed by atoms with Crippen LogP contribution in [0.3, 0.4) is 0 Å². The van der Waals surface area contributed by atoms with E-state index in [1.165, 1.54) is 11.8 Å². The standard InChI is InChI=1S/C21H22ClN5O3S2/c22-15-5-4-14(11-16(15)24-21-25-17-12-32(29,30)13-18(17)31-21)20(28)27-9-7-26(8-10-27)19-3-1-2-6-23-19/h1-6,11,17-18H,7-10,12-13H2,(H,24,25)/p+1/t17-,18-/m1/s1. The van der Waals surface area contributed by atoms with Crippen LogP contribution in [-0.2, 0) is 9.84 Å². The zero-order valence-electron chi connectivity index (χ0n) is 17.2. The van der Waals surface area contributed by atoms with Crippen molar-refractivity contribution in [2.24, 2.45) is 4.99 Å². The lowest BCUT2D eigenvalue weighted by molar-refractivity contribution is -0.364. The number of pyridine rings is 1. The van der Waals surface area contributed by atoms with Gasteiger partial charge < -0.3 is 10.2 Å². The van der Waals surface area contributed by atoms with Crippen LogP contribution in [0.25, 0.3) is 0 Å². The number of anilines is 2. The molecular formula is C21H23ClN5O3S2+. The highest BCUT2D eigenvalue weighted by Crippen LogP contribution is 2.35. The van der Waals surface area contributed by atoms with E-state index < -0.39 is 9.84 Å². The minimum Gasteiger partial charge on any atom is -0.334 e. The Labute approximate surface area is 196 Å². The third-order valence-electron chi connectivity index (χ3n) is 5.87. The number of hydrogen-bond donors (Lipinski definition) is 1. The first kappa shape index (κ1) is 21.5. The van der Waals surface area contributed by atoms with E-state index in [0.29, 0.717) is 34.5 Å². The van der Waals surface area contributed by atoms with E-state index >= 15 is 0 Å². The molecule has 2 aromatic rings. The SMILES string of the molecule is O=C(c1ccc(Cl)c(NC2=N[C@@H]3CS(=O)(=O)C[C@H]3S2)c1)N1CCN(c2cccc[nH+]2)CC1. The number of thioether (sulfide) groups is 1. The molecule has 11 heteroatoms. The number of nitrogens with one attached hydrogen (secondary N) is 2. The van der Waals surface area contributed by atoms with Gasteiger partial charge in [-0.2, -0.15) is 0 Å². The molecule has 0 aliphatic carbocycles. The van der Waals surface area contributed by atoms with E-state index in [1.807, 2.05) is 29.3 Å². The number of amidine groups is 1. The molecule has 3 aliphatic heterocycles. The molecule has 168 valence electrons. The van der Waals surface area contributed by atoms with E-state index in [4.69, 9.17) is 11.6 Å². The van der Waals surface area contributed by atoms with Gasteiger partial charge in [-0.25, -0.2) is 13.4 Å². The van der Waals surface area contributed by atoms with Crippen molar-refractivity contribution in [3.8, 4) is 0 Å². The van der Waals surface area contributed by atoms with Gasteiger partial charge in [-0.1, -0.05) is 29.4 Å². The first-order valence-corrected chi connectivity index (χ1v) is 13.5. The molecule has 2 fully saturated rings. The predicted molar refractivity (Wildman–Crippen MR) is 127 cm³/mol. The summed E-state index contributed by atoms with van der Waals surface area (Å²) < 4.78 is 23.5. The van der Waals surface area contributed by atoms with E-state index in [1.54, 1.807) is 18.2 Å². The Balaban J connectivity index is 1.25. The highest BCUT2D eigenvalue weighted by Gasteiger charge is 2.42. The largest absolute Gasteiger partial charge is 0.334 e. The topological polar surface area (TPSA) is 96.2 Å². The lowest BCUT2D eigenvalue weighted by atomic mass is 10.1. The quantitative estimate of drug-likeness (QED) is 0.701. The molecule has 4 heterocycles. The number of rotatable bonds is 3. The number of piperazine rings is 1. The fraction of sp³-hybridized carbons (Fsp3) is 0.381. The van der Waals surface area contributed by atoms with Crippen molar-refractivity contribution < 1.29 is 18.2 Å². The number of halogens is 1. The van der Waals surface area contributed by atoms with Crippen LogP contribution in [-0.4, -0.2) is 73.4 Å². The van der Waals surface area contributed by atoms with E-state index in [2.05, 4.69) is 20.2 Å². The Morgan fingerprint density at radius 3 is 2.69 bits per heavy atom. The minimum atomic E-state index is -3.00. The van der Waals surface area contributed by atoms with Gasteiger partial charge in [0, 0.05) is 16.9 Å². The molecule has 32 heavy (non-hydrogen) atoms. The molecule has 2 saturated heterocycles. The number of carbonyl (C=O) groups is 1. The van der Waals surface area contributed by atoms with Gasteiger partial charge in [-0.3, -0.25) is 14.7 Å². The van der Waals surface area contributed by atoms with Crippen LogP contribution >= 0.6 is 23.4 Å². The summed E-state index contributed by atoms with van der Waals surface area (Å²) in [6.07, 6.45) is 1.90. The summed E-state index contributed by atoms with van der Waals surface area (Å²) in [6.45, 7) is 2.77. The second-order valence-corrected chi connectivity index (χ2v) is 11.9. The maximum atomic E-state index is 13.1. The van der Waals surface area contributed by atoms with Crippen LogP contribution < -0.4 is 15.2 Å². The summed E-state index contributed by atoms with van der Waals surface area (Å²) in [5.74, 6) is 1.25. The number of fused-ring (bicyclic) bond motifs is 1. The van der Waals surface area contributed by atoms with Crippen molar-refractivity contribution >= 4 is 55.8 Å². The van der Waals surface area contributed by atoms with Crippen LogP contribution in [0.5, 0.6) is 0 Å². The fourth-order valence-electron chi connectivity index (χ4n) is 4.20. The first-order chi connectivity index (χ1) is 15.4. The van der Waals surface area contributed by atoms with E-state index in [9.17, 15) is 13.2 Å². The van der Waals surface area contributed by atoms with Crippen molar-refractivity contribution in [1.82, 2.24) is 4.90 Å². The van der Waals surface area contributed by atoms with Crippen molar-refractivity contribution in [2.75, 3.05) is 47.9 Å². The Hall–Kier alpha value is -2.30. The number of H-pyrrole nitrogens is 1. The molecule has 1 amide bonds. The second-order valence-electron chi connectivity index (χ2n) is 8.08. The molecule has 1 aromatic heterocycles. The normalized spacial score (nSPS) is 24.2. The molecule has 0 bridgehead atoms. The van der Waals surface area contributed by atoms with Gasteiger partial charge in [-0.05, 0) is 24.3 Å². The average Bonchev–Trinajstić information content (AvgIpc) is 3.28. The number of aromatic amines is 1. The highest BCUT2D eigenvalue weighted by atomic mass is 35.5. The molecule has 8 nitrogen and oxygen atoms in total. The number of carbonyl (C=O) groups excluding carboxylic acids is 1. The molecule has 2 N–H and O–H groups in total. The van der Waals surface area contributed by atoms with Crippen LogP contribution in [0.1, 0.15) is 10.4 Å². The molecule has 1 aromatic carbocycles. The van der Waals surface area contributed by atoms with Crippen LogP contribution in [0.15, 0.2) is 47.6 Å². The highest BCUT2D eigenvalue weighted by molar-refractivity contribution is 8.15. The molecule has 0 radical (unpaired) electrons. The number of nitrogens with zero attached hydrogens (tertiary/aromatic N) is 3. The molecule has 2 atom stereocenters. The molecule has 0 saturated carbocycles. The number of sulfone groups is 1. The summed E-state index contributed by atoms with van der Waals surface area (Å²) in [7, 11) is -3.00. The monoisotopic (exact) mass is 492 g/mol. The Morgan fingerprint density at radius 2 is 1.97 bits per heavy atom. The molecule has 5 rings (SSSR count). The average molecular weight is 493 g/mol. The van der Waals surface area contributed by atoms with Gasteiger partial charge in [0.25, 0.3) is 11.7 Å². The van der Waals surface area contributed by atoms with Gasteiger partial charge >= 0.3 is 0 Å². The maximum Gasteiger partial charge on any atom is 0.274 e. The van der Waals surface area contributed by atoms with Crippen molar-refractivity contribution in [2.45, 2.75) is 11.3 Å². The lowest BCUT2D eigenvalue weighted by Crippen LogP contribution is -2.50. The van der Waals surface area contributed by atoms with Crippen molar-refractivity contribution in [1.29, 1.82) is 0 Å². The molecular weight excluding hydrogens is 470 g/mol. The van der Waals surface area contributed by atoms with Gasteiger partial charge in [0.1, 0.15) is 13.1 Å². The Kier molecular flexibility index (Phi) is 5.77. The second kappa shape index (κ2) is 8.57. The molecule has 3 aliphatic rings. The molecule has 0 unspecified atom stereocenters. The van der Waals surface area contributed by atoms with Crippen LogP contribution in [0, 0.1) is 0 Å². The zero-order chi connectivity index (χ0) is 22.3. The third kappa shape index (κ3) is 4.44. The summed E-state index contributed by atoms with van der Waals surface area (Å²) in [4.78, 5) is 24.9. The summed E-state index contributed by atoms with van der Waals surface area (Å²) >= 11 is 7.79. The van der Waals surface area contributed by atoms with E-state index in [-0.39, 0.29) is 28.7 Å².